The number of allylic oxidation sites excluding steroid dienone is 6. The molecule has 3 nitrogen and oxygen atoms in total. The van der Waals surface area contributed by atoms with Crippen molar-refractivity contribution in [3.05, 3.63) is 217 Å². The largest absolute Gasteiger partial charge is 0.455 e. The molecule has 0 bridgehead atoms. The van der Waals surface area contributed by atoms with Crippen LogP contribution >= 0.6 is 0 Å². The molecule has 2 aromatic heterocycles. The smallest absolute Gasteiger partial charge is 0.159 e. The number of para-hydroxylation sites is 2. The highest BCUT2D eigenvalue weighted by molar-refractivity contribution is 6.21. The lowest BCUT2D eigenvalue weighted by molar-refractivity contribution is 0.664. The second-order valence-corrected chi connectivity index (χ2v) is 16.2. The van der Waals surface area contributed by atoms with Gasteiger partial charge in [-0.15, -0.1) is 0 Å². The summed E-state index contributed by atoms with van der Waals surface area (Å²) in [4.78, 5) is 2.45. The molecule has 0 amide bonds. The summed E-state index contributed by atoms with van der Waals surface area (Å²) in [6.45, 7) is 0. The van der Waals surface area contributed by atoms with E-state index < -0.39 is 0 Å². The lowest BCUT2D eigenvalue weighted by Crippen LogP contribution is -2.30. The number of hydrogen-bond donors (Lipinski definition) is 0. The van der Waals surface area contributed by atoms with Gasteiger partial charge in [0, 0.05) is 38.2 Å². The normalized spacial score (nSPS) is 15.2. The number of anilines is 2. The van der Waals surface area contributed by atoms with E-state index in [2.05, 4.69) is 205 Å². The number of nitrogens with zero attached hydrogens (tertiary/aromatic N) is 1. The molecule has 0 aliphatic heterocycles. The highest BCUT2D eigenvalue weighted by Crippen LogP contribution is 2.46. The number of fused-ring (bicyclic) bond motifs is 8. The molecular formula is C58H41NO2. The molecule has 1 atom stereocenters. The Balaban J connectivity index is 1.01. The highest BCUT2D eigenvalue weighted by Gasteiger charge is 2.26. The molecule has 1 unspecified atom stereocenters. The van der Waals surface area contributed by atoms with Crippen LogP contribution in [0.3, 0.4) is 0 Å². The van der Waals surface area contributed by atoms with E-state index in [4.69, 9.17) is 8.83 Å². The zero-order valence-corrected chi connectivity index (χ0v) is 33.6. The van der Waals surface area contributed by atoms with Gasteiger partial charge < -0.3 is 13.7 Å². The van der Waals surface area contributed by atoms with Gasteiger partial charge >= 0.3 is 0 Å². The average Bonchev–Trinajstić information content (AvgIpc) is 3.92. The van der Waals surface area contributed by atoms with Crippen LogP contribution in [0.4, 0.5) is 11.4 Å². The molecule has 0 saturated heterocycles. The maximum Gasteiger partial charge on any atom is 0.159 e. The van der Waals surface area contributed by atoms with Gasteiger partial charge in [0.25, 0.3) is 0 Å². The molecule has 2 heterocycles. The van der Waals surface area contributed by atoms with Gasteiger partial charge in [-0.2, -0.15) is 0 Å². The van der Waals surface area contributed by atoms with Crippen LogP contribution < -0.4 is 4.90 Å². The predicted molar refractivity (Wildman–Crippen MR) is 256 cm³/mol. The maximum absolute atomic E-state index is 7.11. The second-order valence-electron chi connectivity index (χ2n) is 16.2. The van der Waals surface area contributed by atoms with E-state index in [1.54, 1.807) is 0 Å². The third-order valence-electron chi connectivity index (χ3n) is 12.7. The molecule has 0 fully saturated rings. The Labute approximate surface area is 354 Å². The molecule has 0 saturated carbocycles. The van der Waals surface area contributed by atoms with Crippen LogP contribution in [0, 0.1) is 0 Å². The number of furan rings is 2. The first-order chi connectivity index (χ1) is 30.3. The quantitative estimate of drug-likeness (QED) is 0.161. The molecule has 3 heteroatoms. The van der Waals surface area contributed by atoms with Crippen LogP contribution in [-0.2, 0) is 0 Å². The van der Waals surface area contributed by atoms with E-state index in [1.165, 1.54) is 44.3 Å². The van der Waals surface area contributed by atoms with Gasteiger partial charge in [-0.05, 0) is 100 Å². The van der Waals surface area contributed by atoms with Crippen LogP contribution in [0.15, 0.2) is 215 Å². The zero-order chi connectivity index (χ0) is 40.3. The van der Waals surface area contributed by atoms with Crippen LogP contribution in [0.5, 0.6) is 0 Å². The van der Waals surface area contributed by atoms with Crippen molar-refractivity contribution in [3.8, 4) is 22.3 Å². The molecule has 61 heavy (non-hydrogen) atoms. The van der Waals surface area contributed by atoms with Gasteiger partial charge in [0.1, 0.15) is 16.7 Å². The zero-order valence-electron chi connectivity index (χ0n) is 33.6. The summed E-state index contributed by atoms with van der Waals surface area (Å²) in [6.07, 6.45) is 16.5. The van der Waals surface area contributed by atoms with Gasteiger partial charge in [-0.1, -0.05) is 170 Å². The minimum Gasteiger partial charge on any atom is -0.455 e. The Hall–Kier alpha value is -7.62. The van der Waals surface area contributed by atoms with E-state index in [-0.39, 0.29) is 6.04 Å². The third-order valence-corrected chi connectivity index (χ3v) is 12.7. The lowest BCUT2D eigenvalue weighted by Gasteiger charge is -2.33. The Morgan fingerprint density at radius 3 is 1.97 bits per heavy atom. The predicted octanol–water partition coefficient (Wildman–Crippen LogP) is 16.3. The van der Waals surface area contributed by atoms with E-state index >= 15 is 0 Å². The van der Waals surface area contributed by atoms with Crippen molar-refractivity contribution in [1.82, 2.24) is 0 Å². The Morgan fingerprint density at radius 1 is 0.508 bits per heavy atom. The van der Waals surface area contributed by atoms with Gasteiger partial charge in [0.05, 0.1) is 11.7 Å². The number of rotatable bonds is 7. The van der Waals surface area contributed by atoms with Crippen LogP contribution in [0.1, 0.15) is 30.4 Å². The Morgan fingerprint density at radius 2 is 1.20 bits per heavy atom. The van der Waals surface area contributed by atoms with Gasteiger partial charge in [0.2, 0.25) is 0 Å². The van der Waals surface area contributed by atoms with Crippen molar-refractivity contribution in [1.29, 1.82) is 0 Å². The van der Waals surface area contributed by atoms with Crippen molar-refractivity contribution in [2.45, 2.75) is 25.3 Å². The molecule has 0 radical (unpaired) electrons. The first-order valence-corrected chi connectivity index (χ1v) is 21.3. The van der Waals surface area contributed by atoms with E-state index in [9.17, 15) is 0 Å². The van der Waals surface area contributed by atoms with Crippen LogP contribution in [-0.4, -0.2) is 6.04 Å². The van der Waals surface area contributed by atoms with Crippen LogP contribution in [0.25, 0.3) is 88.0 Å². The SMILES string of the molecule is C1=CCCC(c2c(-c3ccc(N(c4cccc5c4oc4ccccc45)C4C=CC(c5ccccc5)=CC4)cc3)ccc3c2oc2c4ccccc4c(-c4ccccc4)cc32)=C1. The van der Waals surface area contributed by atoms with Crippen molar-refractivity contribution < 1.29 is 8.83 Å². The lowest BCUT2D eigenvalue weighted by atomic mass is 9.88. The molecule has 290 valence electrons. The maximum atomic E-state index is 7.11. The summed E-state index contributed by atoms with van der Waals surface area (Å²) in [7, 11) is 0. The van der Waals surface area contributed by atoms with E-state index in [1.807, 2.05) is 6.07 Å². The summed E-state index contributed by atoms with van der Waals surface area (Å²) in [5, 5.41) is 6.86. The molecule has 0 spiro atoms. The van der Waals surface area contributed by atoms with E-state index in [0.29, 0.717) is 0 Å². The summed E-state index contributed by atoms with van der Waals surface area (Å²) in [5.41, 5.74) is 15.5. The van der Waals surface area contributed by atoms with Crippen LogP contribution in [0.2, 0.25) is 0 Å². The summed E-state index contributed by atoms with van der Waals surface area (Å²) < 4.78 is 13.8. The molecule has 10 aromatic rings. The average molecular weight is 784 g/mol. The topological polar surface area (TPSA) is 29.5 Å². The third kappa shape index (κ3) is 5.96. The molecule has 0 N–H and O–H groups in total. The fourth-order valence-electron chi connectivity index (χ4n) is 9.77. The molecular weight excluding hydrogens is 743 g/mol. The molecule has 8 aromatic carbocycles. The van der Waals surface area contributed by atoms with Crippen molar-refractivity contribution in [3.63, 3.8) is 0 Å². The van der Waals surface area contributed by atoms with Crippen molar-refractivity contribution in [2.24, 2.45) is 0 Å². The minimum absolute atomic E-state index is 0.0781. The number of benzene rings is 8. The Bertz CT molecular complexity index is 3430. The fourth-order valence-corrected chi connectivity index (χ4v) is 9.77. The Kier molecular flexibility index (Phi) is 8.45. The van der Waals surface area contributed by atoms with Crippen molar-refractivity contribution >= 4 is 77.2 Å². The van der Waals surface area contributed by atoms with Gasteiger partial charge in [0.15, 0.2) is 5.58 Å². The standard InChI is InChI=1S/C58H41NO2/c1-4-15-38(16-5-1)39-27-31-43(32-28-39)59(53-25-14-24-49-47-22-12-13-26-54(47)60-57(49)53)44-33-29-41(30-34-44)45-35-36-50-52-37-51(40-17-6-2-7-18-40)46-21-10-11-23-48(46)56(52)61-58(50)55(45)42-19-8-3-9-20-42/h1-8,10-19,21-31,33-37,43H,9,20,32H2. The molecule has 2 aliphatic carbocycles. The monoisotopic (exact) mass is 783 g/mol. The first kappa shape index (κ1) is 35.3. The van der Waals surface area contributed by atoms with E-state index in [0.717, 1.165) is 85.5 Å². The summed E-state index contributed by atoms with van der Waals surface area (Å²) >= 11 is 0. The van der Waals surface area contributed by atoms with Gasteiger partial charge in [-0.25, -0.2) is 0 Å². The number of hydrogen-bond acceptors (Lipinski definition) is 3. The highest BCUT2D eigenvalue weighted by atomic mass is 16.3. The molecule has 12 rings (SSSR count). The first-order valence-electron chi connectivity index (χ1n) is 21.3. The van der Waals surface area contributed by atoms with Crippen molar-refractivity contribution in [2.75, 3.05) is 4.90 Å². The van der Waals surface area contributed by atoms with Gasteiger partial charge in [-0.3, -0.25) is 0 Å². The summed E-state index contributed by atoms with van der Waals surface area (Å²) in [5.74, 6) is 0. The fraction of sp³-hybridized carbons (Fsp3) is 0.0690. The minimum atomic E-state index is 0.0781. The second kappa shape index (κ2) is 14.6. The molecule has 2 aliphatic rings. The summed E-state index contributed by atoms with van der Waals surface area (Å²) in [6, 6.07) is 61.0.